The summed E-state index contributed by atoms with van der Waals surface area (Å²) in [5.41, 5.74) is 2.97. The molecule has 0 saturated carbocycles. The fourth-order valence-electron chi connectivity index (χ4n) is 4.21. The quantitative estimate of drug-likeness (QED) is 0.547. The highest BCUT2D eigenvalue weighted by molar-refractivity contribution is 6.07. The molecule has 0 spiro atoms. The SMILES string of the molecule is O=C(Nc1ccc2nccnc2c1)C1CCN(C(=O)c2cccc3ccccc23)CC1. The number of piperidine rings is 1. The van der Waals surface area contributed by atoms with Crippen LogP contribution in [0.3, 0.4) is 0 Å². The lowest BCUT2D eigenvalue weighted by Crippen LogP contribution is -2.41. The molecule has 1 fully saturated rings. The molecule has 6 heteroatoms. The third-order valence-corrected chi connectivity index (χ3v) is 5.91. The van der Waals surface area contributed by atoms with Crippen molar-refractivity contribution in [3.63, 3.8) is 0 Å². The van der Waals surface area contributed by atoms with Crippen LogP contribution in [0.2, 0.25) is 0 Å². The number of anilines is 1. The predicted octanol–water partition coefficient (Wildman–Crippen LogP) is 4.27. The van der Waals surface area contributed by atoms with Gasteiger partial charge < -0.3 is 10.2 Å². The number of fused-ring (bicyclic) bond motifs is 2. The van der Waals surface area contributed by atoms with E-state index in [9.17, 15) is 9.59 Å². The van der Waals surface area contributed by atoms with Crippen LogP contribution >= 0.6 is 0 Å². The number of carbonyl (C=O) groups is 2. The Bertz CT molecular complexity index is 1270. The van der Waals surface area contributed by atoms with E-state index in [-0.39, 0.29) is 17.7 Å². The van der Waals surface area contributed by atoms with Crippen molar-refractivity contribution in [1.29, 1.82) is 0 Å². The summed E-state index contributed by atoms with van der Waals surface area (Å²) in [6, 6.07) is 19.3. The van der Waals surface area contributed by atoms with Gasteiger partial charge in [-0.3, -0.25) is 19.6 Å². The van der Waals surface area contributed by atoms with E-state index in [2.05, 4.69) is 15.3 Å². The van der Waals surface area contributed by atoms with E-state index in [0.29, 0.717) is 31.6 Å². The van der Waals surface area contributed by atoms with Crippen molar-refractivity contribution in [1.82, 2.24) is 14.9 Å². The molecular formula is C25H22N4O2. The number of nitrogens with zero attached hydrogens (tertiary/aromatic N) is 3. The number of nitrogens with one attached hydrogen (secondary N) is 1. The first-order valence-corrected chi connectivity index (χ1v) is 10.5. The zero-order chi connectivity index (χ0) is 21.2. The summed E-state index contributed by atoms with van der Waals surface area (Å²) in [5, 5.41) is 5.02. The highest BCUT2D eigenvalue weighted by atomic mass is 16.2. The van der Waals surface area contributed by atoms with Gasteiger partial charge in [-0.05, 0) is 47.9 Å². The molecule has 6 nitrogen and oxygen atoms in total. The smallest absolute Gasteiger partial charge is 0.254 e. The Hall–Kier alpha value is -3.80. The minimum atomic E-state index is -0.117. The van der Waals surface area contributed by atoms with E-state index >= 15 is 0 Å². The van der Waals surface area contributed by atoms with E-state index in [0.717, 1.165) is 27.4 Å². The molecule has 1 aromatic heterocycles. The highest BCUT2D eigenvalue weighted by Crippen LogP contribution is 2.25. The van der Waals surface area contributed by atoms with Gasteiger partial charge in [0.25, 0.3) is 5.91 Å². The highest BCUT2D eigenvalue weighted by Gasteiger charge is 2.28. The first-order valence-electron chi connectivity index (χ1n) is 10.5. The average molecular weight is 410 g/mol. The largest absolute Gasteiger partial charge is 0.339 e. The Morgan fingerprint density at radius 3 is 2.45 bits per heavy atom. The Balaban J connectivity index is 1.24. The Morgan fingerprint density at radius 1 is 0.871 bits per heavy atom. The molecule has 31 heavy (non-hydrogen) atoms. The van der Waals surface area contributed by atoms with Crippen LogP contribution in [-0.4, -0.2) is 39.8 Å². The van der Waals surface area contributed by atoms with Crippen LogP contribution in [0.1, 0.15) is 23.2 Å². The number of amides is 2. The number of aromatic nitrogens is 2. The third kappa shape index (κ3) is 3.84. The maximum atomic E-state index is 13.1. The molecule has 2 amide bonds. The van der Waals surface area contributed by atoms with Gasteiger partial charge in [-0.2, -0.15) is 0 Å². The van der Waals surface area contributed by atoms with Crippen molar-refractivity contribution < 1.29 is 9.59 Å². The lowest BCUT2D eigenvalue weighted by Gasteiger charge is -2.31. The molecule has 4 aromatic rings. The summed E-state index contributed by atoms with van der Waals surface area (Å²) in [7, 11) is 0. The van der Waals surface area contributed by atoms with Gasteiger partial charge in [-0.1, -0.05) is 36.4 Å². The number of carbonyl (C=O) groups excluding carboxylic acids is 2. The van der Waals surface area contributed by atoms with Crippen LogP contribution in [-0.2, 0) is 4.79 Å². The number of rotatable bonds is 3. The van der Waals surface area contributed by atoms with Crippen molar-refractivity contribution in [2.24, 2.45) is 5.92 Å². The lowest BCUT2D eigenvalue weighted by molar-refractivity contribution is -0.121. The van der Waals surface area contributed by atoms with Gasteiger partial charge in [0, 0.05) is 42.7 Å². The van der Waals surface area contributed by atoms with E-state index in [1.54, 1.807) is 12.4 Å². The normalized spacial score (nSPS) is 14.6. The van der Waals surface area contributed by atoms with Gasteiger partial charge in [-0.15, -0.1) is 0 Å². The van der Waals surface area contributed by atoms with Crippen molar-refractivity contribution in [3.8, 4) is 0 Å². The fraction of sp³-hybridized carbons (Fsp3) is 0.200. The van der Waals surface area contributed by atoms with Crippen molar-refractivity contribution in [2.45, 2.75) is 12.8 Å². The summed E-state index contributed by atoms with van der Waals surface area (Å²) in [6.45, 7) is 1.15. The molecular weight excluding hydrogens is 388 g/mol. The topological polar surface area (TPSA) is 75.2 Å². The number of likely N-dealkylation sites (tertiary alicyclic amines) is 1. The van der Waals surface area contributed by atoms with Crippen LogP contribution in [0.5, 0.6) is 0 Å². The molecule has 154 valence electrons. The summed E-state index contributed by atoms with van der Waals surface area (Å²) >= 11 is 0. The minimum absolute atomic E-state index is 0.0134. The fourth-order valence-corrected chi connectivity index (χ4v) is 4.21. The summed E-state index contributed by atoms with van der Waals surface area (Å²) in [5.74, 6) is -0.0987. The molecule has 2 heterocycles. The molecule has 5 rings (SSSR count). The van der Waals surface area contributed by atoms with Crippen molar-refractivity contribution in [2.75, 3.05) is 18.4 Å². The van der Waals surface area contributed by atoms with Crippen LogP contribution in [0.15, 0.2) is 73.1 Å². The van der Waals surface area contributed by atoms with Gasteiger partial charge in [0.15, 0.2) is 0 Å². The number of benzene rings is 3. The molecule has 0 bridgehead atoms. The molecule has 0 unspecified atom stereocenters. The third-order valence-electron chi connectivity index (χ3n) is 5.91. The first-order chi connectivity index (χ1) is 15.2. The lowest BCUT2D eigenvalue weighted by atomic mass is 9.94. The van der Waals surface area contributed by atoms with Gasteiger partial charge >= 0.3 is 0 Å². The Kier molecular flexibility index (Phi) is 5.04. The molecule has 1 saturated heterocycles. The maximum Gasteiger partial charge on any atom is 0.254 e. The number of hydrogen-bond acceptors (Lipinski definition) is 4. The Morgan fingerprint density at radius 2 is 1.61 bits per heavy atom. The second kappa shape index (κ2) is 8.14. The maximum absolute atomic E-state index is 13.1. The average Bonchev–Trinajstić information content (AvgIpc) is 2.83. The first kappa shape index (κ1) is 19.2. The van der Waals surface area contributed by atoms with E-state index < -0.39 is 0 Å². The molecule has 1 aliphatic rings. The molecule has 1 N–H and O–H groups in total. The number of hydrogen-bond donors (Lipinski definition) is 1. The molecule has 0 atom stereocenters. The molecule has 3 aromatic carbocycles. The van der Waals surface area contributed by atoms with Gasteiger partial charge in [0.2, 0.25) is 5.91 Å². The van der Waals surface area contributed by atoms with Crippen LogP contribution < -0.4 is 5.32 Å². The molecule has 0 aliphatic carbocycles. The zero-order valence-electron chi connectivity index (χ0n) is 17.0. The molecule has 0 radical (unpaired) electrons. The van der Waals surface area contributed by atoms with Crippen LogP contribution in [0.4, 0.5) is 5.69 Å². The van der Waals surface area contributed by atoms with E-state index in [1.165, 1.54) is 0 Å². The summed E-state index contributed by atoms with van der Waals surface area (Å²) < 4.78 is 0. The van der Waals surface area contributed by atoms with Crippen LogP contribution in [0.25, 0.3) is 21.8 Å². The molecule has 1 aliphatic heterocycles. The van der Waals surface area contributed by atoms with E-state index in [1.807, 2.05) is 65.6 Å². The predicted molar refractivity (Wildman–Crippen MR) is 121 cm³/mol. The summed E-state index contributed by atoms with van der Waals surface area (Å²) in [6.07, 6.45) is 4.58. The van der Waals surface area contributed by atoms with Crippen LogP contribution in [0, 0.1) is 5.92 Å². The van der Waals surface area contributed by atoms with Gasteiger partial charge in [0.1, 0.15) is 0 Å². The summed E-state index contributed by atoms with van der Waals surface area (Å²) in [4.78, 5) is 36.3. The second-order valence-corrected chi connectivity index (χ2v) is 7.84. The van der Waals surface area contributed by atoms with Crippen molar-refractivity contribution >= 4 is 39.3 Å². The van der Waals surface area contributed by atoms with Gasteiger partial charge in [0.05, 0.1) is 11.0 Å². The second-order valence-electron chi connectivity index (χ2n) is 7.84. The van der Waals surface area contributed by atoms with Gasteiger partial charge in [-0.25, -0.2) is 0 Å². The zero-order valence-corrected chi connectivity index (χ0v) is 17.0. The Labute approximate surface area is 179 Å². The standard InChI is InChI=1S/C25H22N4O2/c30-24(28-19-8-9-22-23(16-19)27-13-12-26-22)18-10-14-29(15-11-18)25(31)21-7-3-5-17-4-1-2-6-20(17)21/h1-9,12-13,16,18H,10-11,14-15H2,(H,28,30). The monoisotopic (exact) mass is 410 g/mol. The minimum Gasteiger partial charge on any atom is -0.339 e. The van der Waals surface area contributed by atoms with Crippen molar-refractivity contribution in [3.05, 3.63) is 78.6 Å². The van der Waals surface area contributed by atoms with E-state index in [4.69, 9.17) is 0 Å².